The highest BCUT2D eigenvalue weighted by atomic mass is 79.9. The van der Waals surface area contributed by atoms with Gasteiger partial charge >= 0.3 is 0 Å². The van der Waals surface area contributed by atoms with Crippen LogP contribution >= 0.6 is 15.9 Å². The number of ether oxygens (including phenoxy) is 2. The van der Waals surface area contributed by atoms with E-state index in [0.717, 1.165) is 44.6 Å². The normalized spacial score (nSPS) is 17.0. The van der Waals surface area contributed by atoms with Crippen molar-refractivity contribution in [2.45, 2.75) is 12.8 Å². The number of benzene rings is 1. The van der Waals surface area contributed by atoms with Crippen molar-refractivity contribution in [1.29, 1.82) is 0 Å². The first-order chi connectivity index (χ1) is 14.6. The summed E-state index contributed by atoms with van der Waals surface area (Å²) in [5, 5.41) is 14.2. The van der Waals surface area contributed by atoms with Crippen molar-refractivity contribution < 1.29 is 14.6 Å². The Kier molecular flexibility index (Phi) is 6.48. The van der Waals surface area contributed by atoms with E-state index in [0.29, 0.717) is 41.3 Å². The number of hydrazone groups is 1. The van der Waals surface area contributed by atoms with Gasteiger partial charge in [0, 0.05) is 26.2 Å². The molecule has 0 saturated carbocycles. The number of rotatable bonds is 6. The number of nitrogens with zero attached hydrogens (tertiary/aromatic N) is 6. The van der Waals surface area contributed by atoms with E-state index in [9.17, 15) is 5.11 Å². The summed E-state index contributed by atoms with van der Waals surface area (Å²) in [6.07, 6.45) is 3.88. The summed E-state index contributed by atoms with van der Waals surface area (Å²) < 4.78 is 11.1. The number of aromatic nitrogens is 3. The Hall–Kier alpha value is -2.66. The van der Waals surface area contributed by atoms with Crippen LogP contribution in [0, 0.1) is 0 Å². The summed E-state index contributed by atoms with van der Waals surface area (Å²) >= 11 is 3.31. The first-order valence-corrected chi connectivity index (χ1v) is 10.6. The fourth-order valence-electron chi connectivity index (χ4n) is 3.36. The van der Waals surface area contributed by atoms with Crippen LogP contribution in [0.5, 0.6) is 11.5 Å². The lowest BCUT2D eigenvalue weighted by molar-refractivity contribution is 0.122. The van der Waals surface area contributed by atoms with Crippen molar-refractivity contribution in [3.63, 3.8) is 0 Å². The van der Waals surface area contributed by atoms with E-state index < -0.39 is 0 Å². The van der Waals surface area contributed by atoms with Crippen LogP contribution in [0.15, 0.2) is 21.7 Å². The molecule has 2 N–H and O–H groups in total. The first kappa shape index (κ1) is 20.6. The lowest BCUT2D eigenvalue weighted by Gasteiger charge is -2.27. The zero-order chi connectivity index (χ0) is 20.9. The van der Waals surface area contributed by atoms with Crippen LogP contribution in [-0.4, -0.2) is 72.8 Å². The van der Waals surface area contributed by atoms with E-state index >= 15 is 0 Å². The van der Waals surface area contributed by atoms with Crippen LogP contribution < -0.4 is 20.0 Å². The number of hydrogen-bond acceptors (Lipinski definition) is 10. The average Bonchev–Trinajstić information content (AvgIpc) is 3.31. The molecule has 10 nitrogen and oxygen atoms in total. The number of phenols is 1. The SMILES string of the molecule is COc1cc(/C=N\Nc2nc(N3CCCC3)nc(N3CCOCC3)n2)cc(Br)c1O. The molecule has 0 aliphatic carbocycles. The molecule has 0 unspecified atom stereocenters. The summed E-state index contributed by atoms with van der Waals surface area (Å²) in [4.78, 5) is 18.1. The van der Waals surface area contributed by atoms with Gasteiger partial charge in [0.1, 0.15) is 0 Å². The molecule has 2 aliphatic rings. The molecule has 2 saturated heterocycles. The molecule has 0 spiro atoms. The molecule has 1 aromatic heterocycles. The minimum absolute atomic E-state index is 0.0467. The second-order valence-corrected chi connectivity index (χ2v) is 7.83. The molecular weight excluding hydrogens is 454 g/mol. The maximum absolute atomic E-state index is 9.94. The predicted octanol–water partition coefficient (Wildman–Crippen LogP) is 2.23. The van der Waals surface area contributed by atoms with Gasteiger partial charge in [-0.05, 0) is 46.5 Å². The third kappa shape index (κ3) is 4.73. The molecule has 0 bridgehead atoms. The smallest absolute Gasteiger partial charge is 0.250 e. The summed E-state index contributed by atoms with van der Waals surface area (Å²) in [7, 11) is 1.50. The molecule has 160 valence electrons. The molecule has 1 aromatic carbocycles. The Balaban J connectivity index is 1.56. The number of nitrogens with one attached hydrogen (secondary N) is 1. The summed E-state index contributed by atoms with van der Waals surface area (Å²) in [5.41, 5.74) is 3.65. The van der Waals surface area contributed by atoms with Crippen molar-refractivity contribution >= 4 is 40.0 Å². The molecule has 0 amide bonds. The number of methoxy groups -OCH3 is 1. The van der Waals surface area contributed by atoms with Gasteiger partial charge in [-0.1, -0.05) is 0 Å². The molecule has 2 aliphatic heterocycles. The van der Waals surface area contributed by atoms with Gasteiger partial charge in [-0.15, -0.1) is 0 Å². The van der Waals surface area contributed by atoms with Crippen LogP contribution in [0.3, 0.4) is 0 Å². The van der Waals surface area contributed by atoms with Crippen molar-refractivity contribution in [2.24, 2.45) is 5.10 Å². The molecule has 4 rings (SSSR count). The van der Waals surface area contributed by atoms with E-state index in [2.05, 4.69) is 51.2 Å². The standard InChI is InChI=1S/C19H24BrN7O3/c1-29-15-11-13(10-14(20)16(15)28)12-21-25-17-22-18(26-4-2-3-5-26)24-19(23-17)27-6-8-30-9-7-27/h10-12,28H,2-9H2,1H3,(H,22,23,24,25)/b21-12-. The number of morpholine rings is 1. The number of hydrogen-bond donors (Lipinski definition) is 2. The van der Waals surface area contributed by atoms with Crippen molar-refractivity contribution in [1.82, 2.24) is 15.0 Å². The van der Waals surface area contributed by atoms with Crippen LogP contribution in [0.4, 0.5) is 17.8 Å². The van der Waals surface area contributed by atoms with E-state index in [4.69, 9.17) is 9.47 Å². The quantitative estimate of drug-likeness (QED) is 0.477. The Morgan fingerprint density at radius 3 is 2.43 bits per heavy atom. The maximum Gasteiger partial charge on any atom is 0.250 e. The van der Waals surface area contributed by atoms with Crippen molar-refractivity contribution in [3.05, 3.63) is 22.2 Å². The van der Waals surface area contributed by atoms with Crippen LogP contribution in [0.25, 0.3) is 0 Å². The molecule has 30 heavy (non-hydrogen) atoms. The van der Waals surface area contributed by atoms with Crippen molar-refractivity contribution in [3.8, 4) is 11.5 Å². The monoisotopic (exact) mass is 477 g/mol. The molecular formula is C19H24BrN7O3. The number of anilines is 3. The number of aromatic hydroxyl groups is 1. The minimum Gasteiger partial charge on any atom is -0.503 e. The molecule has 11 heteroatoms. The van der Waals surface area contributed by atoms with Crippen LogP contribution in [-0.2, 0) is 4.74 Å². The lowest BCUT2D eigenvalue weighted by Crippen LogP contribution is -2.38. The van der Waals surface area contributed by atoms with Gasteiger partial charge in [0.05, 0.1) is 31.0 Å². The van der Waals surface area contributed by atoms with Gasteiger partial charge in [0.25, 0.3) is 0 Å². The highest BCUT2D eigenvalue weighted by Gasteiger charge is 2.21. The second-order valence-electron chi connectivity index (χ2n) is 6.98. The van der Waals surface area contributed by atoms with Crippen LogP contribution in [0.1, 0.15) is 18.4 Å². The van der Waals surface area contributed by atoms with Crippen molar-refractivity contribution in [2.75, 3.05) is 61.7 Å². The topological polar surface area (TPSA) is 108 Å². The van der Waals surface area contributed by atoms with Gasteiger partial charge in [-0.25, -0.2) is 5.43 Å². The zero-order valence-electron chi connectivity index (χ0n) is 16.7. The highest BCUT2D eigenvalue weighted by Crippen LogP contribution is 2.34. The average molecular weight is 478 g/mol. The maximum atomic E-state index is 9.94. The second kappa shape index (κ2) is 9.43. The Morgan fingerprint density at radius 1 is 1.10 bits per heavy atom. The van der Waals surface area contributed by atoms with E-state index in [-0.39, 0.29) is 5.75 Å². The van der Waals surface area contributed by atoms with Gasteiger partial charge in [0.15, 0.2) is 11.5 Å². The summed E-state index contributed by atoms with van der Waals surface area (Å²) in [6, 6.07) is 3.43. The Bertz CT molecular complexity index is 915. The molecule has 2 aromatic rings. The molecule has 0 atom stereocenters. The molecule has 3 heterocycles. The third-order valence-corrected chi connectivity index (χ3v) is 5.55. The van der Waals surface area contributed by atoms with E-state index in [1.54, 1.807) is 18.3 Å². The minimum atomic E-state index is 0.0467. The fourth-order valence-corrected chi connectivity index (χ4v) is 3.82. The zero-order valence-corrected chi connectivity index (χ0v) is 18.3. The molecule has 2 fully saturated rings. The highest BCUT2D eigenvalue weighted by molar-refractivity contribution is 9.10. The van der Waals surface area contributed by atoms with Gasteiger partial charge in [-0.3, -0.25) is 0 Å². The number of halogens is 1. The Morgan fingerprint density at radius 2 is 1.77 bits per heavy atom. The summed E-state index contributed by atoms with van der Waals surface area (Å²) in [5.74, 6) is 2.08. The van der Waals surface area contributed by atoms with E-state index in [1.165, 1.54) is 7.11 Å². The fraction of sp³-hybridized carbons (Fsp3) is 0.474. The van der Waals surface area contributed by atoms with Gasteiger partial charge in [-0.2, -0.15) is 20.1 Å². The summed E-state index contributed by atoms with van der Waals surface area (Å²) in [6.45, 7) is 4.68. The van der Waals surface area contributed by atoms with Gasteiger partial charge in [0.2, 0.25) is 17.8 Å². The lowest BCUT2D eigenvalue weighted by atomic mass is 10.2. The van der Waals surface area contributed by atoms with Crippen LogP contribution in [0.2, 0.25) is 0 Å². The third-order valence-electron chi connectivity index (χ3n) is 4.94. The Labute approximate surface area is 183 Å². The first-order valence-electron chi connectivity index (χ1n) is 9.83. The molecule has 0 radical (unpaired) electrons. The van der Waals surface area contributed by atoms with E-state index in [1.807, 2.05) is 0 Å². The largest absolute Gasteiger partial charge is 0.503 e. The number of phenolic OH excluding ortho intramolecular Hbond substituents is 1. The van der Waals surface area contributed by atoms with Gasteiger partial charge < -0.3 is 24.4 Å². The predicted molar refractivity (Wildman–Crippen MR) is 118 cm³/mol.